The lowest BCUT2D eigenvalue weighted by molar-refractivity contribution is -0.133. The summed E-state index contributed by atoms with van der Waals surface area (Å²) in [5.41, 5.74) is 3.42. The van der Waals surface area contributed by atoms with Crippen molar-refractivity contribution in [3.63, 3.8) is 0 Å². The number of fused-ring (bicyclic) bond motifs is 1. The van der Waals surface area contributed by atoms with E-state index in [1.54, 1.807) is 24.3 Å². The molecule has 5 nitrogen and oxygen atoms in total. The van der Waals surface area contributed by atoms with E-state index in [0.29, 0.717) is 0 Å². The standard InChI is InChI=1S/C13H13N3O2S/c1-7-13(18)16(8(2)12(17)15-7)9-3-4-10-11(5-9)19-6-14-10/h3-8H,1-2H3,(H,15,17). The molecule has 0 aliphatic carbocycles. The van der Waals surface area contributed by atoms with Gasteiger partial charge in [0.1, 0.15) is 12.1 Å². The number of benzene rings is 1. The Hall–Kier alpha value is -1.95. The number of nitrogens with one attached hydrogen (secondary N) is 1. The molecule has 2 aromatic rings. The summed E-state index contributed by atoms with van der Waals surface area (Å²) in [6.45, 7) is 3.43. The van der Waals surface area contributed by atoms with Crippen LogP contribution < -0.4 is 10.2 Å². The Morgan fingerprint density at radius 3 is 2.89 bits per heavy atom. The third-order valence-electron chi connectivity index (χ3n) is 3.33. The van der Waals surface area contributed by atoms with E-state index >= 15 is 0 Å². The van der Waals surface area contributed by atoms with Gasteiger partial charge in [0.2, 0.25) is 11.8 Å². The normalized spacial score (nSPS) is 23.8. The summed E-state index contributed by atoms with van der Waals surface area (Å²) in [7, 11) is 0. The SMILES string of the molecule is CC1NC(=O)C(C)N(c2ccc3ncsc3c2)C1=O. The van der Waals surface area contributed by atoms with Crippen molar-refractivity contribution in [3.8, 4) is 0 Å². The van der Waals surface area contributed by atoms with E-state index in [0.717, 1.165) is 15.9 Å². The summed E-state index contributed by atoms with van der Waals surface area (Å²) < 4.78 is 1.01. The van der Waals surface area contributed by atoms with Gasteiger partial charge in [0, 0.05) is 5.69 Å². The van der Waals surface area contributed by atoms with Crippen LogP contribution in [0.4, 0.5) is 5.69 Å². The number of rotatable bonds is 1. The smallest absolute Gasteiger partial charge is 0.250 e. The quantitative estimate of drug-likeness (QED) is 0.858. The summed E-state index contributed by atoms with van der Waals surface area (Å²) >= 11 is 1.52. The van der Waals surface area contributed by atoms with Crippen LogP contribution in [0.2, 0.25) is 0 Å². The van der Waals surface area contributed by atoms with Gasteiger partial charge in [-0.2, -0.15) is 0 Å². The van der Waals surface area contributed by atoms with Gasteiger partial charge in [-0.1, -0.05) is 0 Å². The minimum absolute atomic E-state index is 0.0871. The summed E-state index contributed by atoms with van der Waals surface area (Å²) in [6.07, 6.45) is 0. The number of hydrogen-bond donors (Lipinski definition) is 1. The number of thiazole rings is 1. The van der Waals surface area contributed by atoms with Gasteiger partial charge in [-0.3, -0.25) is 14.5 Å². The molecule has 3 rings (SSSR count). The number of piperazine rings is 1. The van der Waals surface area contributed by atoms with Gasteiger partial charge < -0.3 is 5.32 Å². The highest BCUT2D eigenvalue weighted by atomic mass is 32.1. The fraction of sp³-hybridized carbons (Fsp3) is 0.308. The zero-order chi connectivity index (χ0) is 13.6. The Bertz CT molecular complexity index is 667. The van der Waals surface area contributed by atoms with Crippen LogP contribution in [0.15, 0.2) is 23.7 Å². The first-order valence-corrected chi connectivity index (χ1v) is 6.92. The third-order valence-corrected chi connectivity index (χ3v) is 4.12. The van der Waals surface area contributed by atoms with E-state index in [1.165, 1.54) is 11.3 Å². The zero-order valence-corrected chi connectivity index (χ0v) is 11.4. The molecule has 2 heterocycles. The number of amides is 2. The van der Waals surface area contributed by atoms with Gasteiger partial charge in [0.25, 0.3) is 0 Å². The van der Waals surface area contributed by atoms with Gasteiger partial charge in [-0.05, 0) is 32.0 Å². The Kier molecular flexibility index (Phi) is 2.74. The molecule has 1 aromatic heterocycles. The van der Waals surface area contributed by atoms with E-state index in [1.807, 2.05) is 18.2 Å². The van der Waals surface area contributed by atoms with Gasteiger partial charge in [-0.25, -0.2) is 4.98 Å². The van der Waals surface area contributed by atoms with Gasteiger partial charge in [-0.15, -0.1) is 11.3 Å². The molecule has 2 amide bonds. The van der Waals surface area contributed by atoms with Crippen molar-refractivity contribution in [2.75, 3.05) is 4.90 Å². The van der Waals surface area contributed by atoms with Gasteiger partial charge >= 0.3 is 0 Å². The fourth-order valence-corrected chi connectivity index (χ4v) is 2.97. The Balaban J connectivity index is 2.07. The van der Waals surface area contributed by atoms with Gasteiger partial charge in [0.05, 0.1) is 15.7 Å². The second kappa shape index (κ2) is 4.31. The number of nitrogens with zero attached hydrogens (tertiary/aromatic N) is 2. The number of hydrogen-bond acceptors (Lipinski definition) is 4. The van der Waals surface area contributed by atoms with Crippen LogP contribution in [-0.4, -0.2) is 28.9 Å². The lowest BCUT2D eigenvalue weighted by atomic mass is 10.1. The van der Waals surface area contributed by atoms with Crippen molar-refractivity contribution in [1.82, 2.24) is 10.3 Å². The second-order valence-electron chi connectivity index (χ2n) is 4.62. The number of carbonyl (C=O) groups excluding carboxylic acids is 2. The average molecular weight is 275 g/mol. The first kappa shape index (κ1) is 12.1. The first-order valence-electron chi connectivity index (χ1n) is 6.04. The van der Waals surface area contributed by atoms with E-state index in [-0.39, 0.29) is 11.8 Å². The second-order valence-corrected chi connectivity index (χ2v) is 5.51. The molecule has 0 bridgehead atoms. The van der Waals surface area contributed by atoms with E-state index in [2.05, 4.69) is 10.3 Å². The highest BCUT2D eigenvalue weighted by Gasteiger charge is 2.36. The van der Waals surface area contributed by atoms with Crippen LogP contribution in [0.1, 0.15) is 13.8 Å². The Morgan fingerprint density at radius 2 is 2.11 bits per heavy atom. The molecule has 6 heteroatoms. The maximum absolute atomic E-state index is 12.3. The highest BCUT2D eigenvalue weighted by Crippen LogP contribution is 2.27. The molecule has 1 N–H and O–H groups in total. The minimum Gasteiger partial charge on any atom is -0.343 e. The minimum atomic E-state index is -0.492. The van der Waals surface area contributed by atoms with Crippen LogP contribution in [0.3, 0.4) is 0 Å². The lowest BCUT2D eigenvalue weighted by Crippen LogP contribution is -2.61. The number of aromatic nitrogens is 1. The molecule has 1 saturated heterocycles. The Morgan fingerprint density at radius 1 is 1.32 bits per heavy atom. The highest BCUT2D eigenvalue weighted by molar-refractivity contribution is 7.16. The number of carbonyl (C=O) groups is 2. The summed E-state index contributed by atoms with van der Waals surface area (Å²) in [4.78, 5) is 29.9. The van der Waals surface area contributed by atoms with Crippen LogP contribution in [0.5, 0.6) is 0 Å². The van der Waals surface area contributed by atoms with Crippen LogP contribution in [0, 0.1) is 0 Å². The predicted octanol–water partition coefficient (Wildman–Crippen LogP) is 1.54. The molecule has 1 fully saturated rings. The monoisotopic (exact) mass is 275 g/mol. The van der Waals surface area contributed by atoms with Crippen molar-refractivity contribution >= 4 is 39.1 Å². The summed E-state index contributed by atoms with van der Waals surface area (Å²) in [6, 6.07) is 4.64. The predicted molar refractivity (Wildman–Crippen MR) is 74.2 cm³/mol. The zero-order valence-electron chi connectivity index (χ0n) is 10.6. The molecule has 19 heavy (non-hydrogen) atoms. The third kappa shape index (κ3) is 1.88. The molecule has 1 aliphatic heterocycles. The average Bonchev–Trinajstić information content (AvgIpc) is 2.84. The van der Waals surface area contributed by atoms with Crippen molar-refractivity contribution < 1.29 is 9.59 Å². The van der Waals surface area contributed by atoms with Gasteiger partial charge in [0.15, 0.2) is 0 Å². The van der Waals surface area contributed by atoms with Crippen LogP contribution in [0.25, 0.3) is 10.2 Å². The van der Waals surface area contributed by atoms with E-state index < -0.39 is 12.1 Å². The lowest BCUT2D eigenvalue weighted by Gasteiger charge is -2.36. The fourth-order valence-electron chi connectivity index (χ4n) is 2.26. The molecular formula is C13H13N3O2S. The van der Waals surface area contributed by atoms with Crippen molar-refractivity contribution in [2.45, 2.75) is 25.9 Å². The molecule has 0 spiro atoms. The summed E-state index contributed by atoms with van der Waals surface area (Å²) in [5, 5.41) is 2.67. The van der Waals surface area contributed by atoms with Crippen LogP contribution >= 0.6 is 11.3 Å². The van der Waals surface area contributed by atoms with Crippen molar-refractivity contribution in [2.24, 2.45) is 0 Å². The summed E-state index contributed by atoms with van der Waals surface area (Å²) in [5.74, 6) is -0.215. The molecular weight excluding hydrogens is 262 g/mol. The van der Waals surface area contributed by atoms with Crippen LogP contribution in [-0.2, 0) is 9.59 Å². The number of anilines is 1. The molecule has 98 valence electrons. The maximum Gasteiger partial charge on any atom is 0.250 e. The maximum atomic E-state index is 12.3. The molecule has 2 unspecified atom stereocenters. The topological polar surface area (TPSA) is 62.3 Å². The van der Waals surface area contributed by atoms with E-state index in [9.17, 15) is 9.59 Å². The van der Waals surface area contributed by atoms with E-state index in [4.69, 9.17) is 0 Å². The Labute approximate surface area is 114 Å². The molecule has 1 aliphatic rings. The first-order chi connectivity index (χ1) is 9.08. The molecule has 0 saturated carbocycles. The largest absolute Gasteiger partial charge is 0.343 e. The molecule has 0 radical (unpaired) electrons. The molecule has 1 aromatic carbocycles. The molecule has 2 atom stereocenters. The van der Waals surface area contributed by atoms with Crippen molar-refractivity contribution in [3.05, 3.63) is 23.7 Å². The van der Waals surface area contributed by atoms with Crippen molar-refractivity contribution in [1.29, 1.82) is 0 Å².